The minimum absolute atomic E-state index is 0.402. The van der Waals surface area contributed by atoms with Gasteiger partial charge in [0, 0.05) is 0 Å². The Hall–Kier alpha value is -0.530. The first-order chi connectivity index (χ1) is 6.46. The molecule has 0 aliphatic heterocycles. The van der Waals surface area contributed by atoms with Gasteiger partial charge in [0.2, 0.25) is 0 Å². The van der Waals surface area contributed by atoms with E-state index in [-0.39, 0.29) is 0 Å². The van der Waals surface area contributed by atoms with Crippen molar-refractivity contribution in [1.82, 2.24) is 0 Å². The van der Waals surface area contributed by atoms with Gasteiger partial charge in [-0.15, -0.1) is 0 Å². The quantitative estimate of drug-likeness (QED) is 0.755. The Labute approximate surface area is 86.7 Å². The zero-order valence-corrected chi connectivity index (χ0v) is 9.55. The van der Waals surface area contributed by atoms with E-state index in [1.165, 1.54) is 0 Å². The van der Waals surface area contributed by atoms with Crippen LogP contribution in [-0.2, 0) is 4.79 Å². The first-order valence-corrected chi connectivity index (χ1v) is 5.70. The van der Waals surface area contributed by atoms with Crippen LogP contribution >= 0.6 is 0 Å². The molecule has 1 N–H and O–H groups in total. The van der Waals surface area contributed by atoms with Gasteiger partial charge in [-0.3, -0.25) is 4.79 Å². The molecule has 2 heteroatoms. The summed E-state index contributed by atoms with van der Waals surface area (Å²) in [6, 6.07) is 0. The standard InChI is InChI=1S/C12H22O2/c1-9(2)8-12(11(13)14)6-4-10(3)5-7-12/h9-10H,4-8H2,1-3H3,(H,13,14). The third-order valence-corrected chi connectivity index (χ3v) is 3.48. The molecule has 0 amide bonds. The van der Waals surface area contributed by atoms with Gasteiger partial charge in [-0.2, -0.15) is 0 Å². The van der Waals surface area contributed by atoms with Gasteiger partial charge in [0.25, 0.3) is 0 Å². The van der Waals surface area contributed by atoms with Crippen LogP contribution in [0.25, 0.3) is 0 Å². The molecule has 0 bridgehead atoms. The third kappa shape index (κ3) is 2.49. The van der Waals surface area contributed by atoms with Gasteiger partial charge in [0.05, 0.1) is 5.41 Å². The number of hydrogen-bond donors (Lipinski definition) is 1. The Kier molecular flexibility index (Phi) is 3.57. The molecule has 82 valence electrons. The molecule has 14 heavy (non-hydrogen) atoms. The number of rotatable bonds is 3. The van der Waals surface area contributed by atoms with E-state index in [1.54, 1.807) is 0 Å². The molecule has 1 aliphatic carbocycles. The topological polar surface area (TPSA) is 37.3 Å². The van der Waals surface area contributed by atoms with Gasteiger partial charge >= 0.3 is 5.97 Å². The van der Waals surface area contributed by atoms with Crippen molar-refractivity contribution >= 4 is 5.97 Å². The lowest BCUT2D eigenvalue weighted by Gasteiger charge is -2.37. The van der Waals surface area contributed by atoms with E-state index in [9.17, 15) is 9.90 Å². The van der Waals surface area contributed by atoms with Gasteiger partial charge in [0.15, 0.2) is 0 Å². The Balaban J connectivity index is 2.68. The molecule has 1 fully saturated rings. The third-order valence-electron chi connectivity index (χ3n) is 3.48. The second-order valence-corrected chi connectivity index (χ2v) is 5.37. The fourth-order valence-corrected chi connectivity index (χ4v) is 2.60. The van der Waals surface area contributed by atoms with E-state index in [2.05, 4.69) is 20.8 Å². The highest BCUT2D eigenvalue weighted by molar-refractivity contribution is 5.74. The molecule has 0 atom stereocenters. The van der Waals surface area contributed by atoms with Crippen molar-refractivity contribution in [1.29, 1.82) is 0 Å². The van der Waals surface area contributed by atoms with Crippen LogP contribution in [0, 0.1) is 17.3 Å². The van der Waals surface area contributed by atoms with Crippen LogP contribution in [0.5, 0.6) is 0 Å². The van der Waals surface area contributed by atoms with Crippen molar-refractivity contribution in [3.05, 3.63) is 0 Å². The lowest BCUT2D eigenvalue weighted by atomic mass is 9.67. The average Bonchev–Trinajstić information content (AvgIpc) is 2.08. The molecule has 0 aromatic heterocycles. The monoisotopic (exact) mass is 198 g/mol. The van der Waals surface area contributed by atoms with Gasteiger partial charge in [-0.05, 0) is 43.9 Å². The van der Waals surface area contributed by atoms with E-state index in [4.69, 9.17) is 0 Å². The van der Waals surface area contributed by atoms with Crippen molar-refractivity contribution in [3.63, 3.8) is 0 Å². The van der Waals surface area contributed by atoms with Gasteiger partial charge < -0.3 is 5.11 Å². The maximum Gasteiger partial charge on any atom is 0.309 e. The second kappa shape index (κ2) is 4.33. The van der Waals surface area contributed by atoms with Crippen molar-refractivity contribution in [3.8, 4) is 0 Å². The Morgan fingerprint density at radius 3 is 2.29 bits per heavy atom. The normalized spacial score (nSPS) is 33.3. The molecule has 0 heterocycles. The summed E-state index contributed by atoms with van der Waals surface area (Å²) >= 11 is 0. The van der Waals surface area contributed by atoms with Gasteiger partial charge in [-0.25, -0.2) is 0 Å². The molecule has 1 saturated carbocycles. The molecule has 0 unspecified atom stereocenters. The summed E-state index contributed by atoms with van der Waals surface area (Å²) in [5.41, 5.74) is -0.402. The molecule has 1 rings (SSSR count). The lowest BCUT2D eigenvalue weighted by Crippen LogP contribution is -2.36. The maximum absolute atomic E-state index is 11.3. The molecular formula is C12H22O2. The molecule has 0 spiro atoms. The molecule has 0 aromatic carbocycles. The zero-order chi connectivity index (χ0) is 10.8. The summed E-state index contributed by atoms with van der Waals surface area (Å²) in [6.45, 7) is 6.45. The summed E-state index contributed by atoms with van der Waals surface area (Å²) < 4.78 is 0. The van der Waals surface area contributed by atoms with Crippen molar-refractivity contribution < 1.29 is 9.90 Å². The summed E-state index contributed by atoms with van der Waals surface area (Å²) in [4.78, 5) is 11.3. The SMILES string of the molecule is CC(C)CC1(C(=O)O)CCC(C)CC1. The average molecular weight is 198 g/mol. The number of carboxylic acid groups (broad SMARTS) is 1. The predicted molar refractivity (Wildman–Crippen MR) is 57.2 cm³/mol. The van der Waals surface area contributed by atoms with Gasteiger partial charge in [0.1, 0.15) is 0 Å². The molecular weight excluding hydrogens is 176 g/mol. The van der Waals surface area contributed by atoms with Crippen molar-refractivity contribution in [2.45, 2.75) is 52.9 Å². The first kappa shape index (κ1) is 11.5. The molecule has 2 nitrogen and oxygen atoms in total. The van der Waals surface area contributed by atoms with Crippen LogP contribution < -0.4 is 0 Å². The Morgan fingerprint density at radius 2 is 1.93 bits per heavy atom. The first-order valence-electron chi connectivity index (χ1n) is 5.70. The number of carbonyl (C=O) groups is 1. The van der Waals surface area contributed by atoms with E-state index in [1.807, 2.05) is 0 Å². The summed E-state index contributed by atoms with van der Waals surface area (Å²) in [6.07, 6.45) is 4.76. The molecule has 0 radical (unpaired) electrons. The van der Waals surface area contributed by atoms with Crippen LogP contribution in [0.4, 0.5) is 0 Å². The highest BCUT2D eigenvalue weighted by Crippen LogP contribution is 2.43. The van der Waals surface area contributed by atoms with Crippen LogP contribution in [0.15, 0.2) is 0 Å². The largest absolute Gasteiger partial charge is 0.481 e. The summed E-state index contributed by atoms with van der Waals surface area (Å²) in [5.74, 6) is 0.632. The van der Waals surface area contributed by atoms with Crippen molar-refractivity contribution in [2.24, 2.45) is 17.3 Å². The minimum atomic E-state index is -0.571. The number of hydrogen-bond acceptors (Lipinski definition) is 1. The van der Waals surface area contributed by atoms with E-state index in [0.29, 0.717) is 5.92 Å². The van der Waals surface area contributed by atoms with E-state index < -0.39 is 11.4 Å². The highest BCUT2D eigenvalue weighted by atomic mass is 16.4. The van der Waals surface area contributed by atoms with Crippen LogP contribution in [0.2, 0.25) is 0 Å². The Morgan fingerprint density at radius 1 is 1.43 bits per heavy atom. The van der Waals surface area contributed by atoms with Gasteiger partial charge in [-0.1, -0.05) is 20.8 Å². The molecule has 1 aliphatic rings. The van der Waals surface area contributed by atoms with Crippen LogP contribution in [-0.4, -0.2) is 11.1 Å². The number of aliphatic carboxylic acids is 1. The predicted octanol–water partition coefficient (Wildman–Crippen LogP) is 3.31. The summed E-state index contributed by atoms with van der Waals surface area (Å²) in [5, 5.41) is 9.32. The van der Waals surface area contributed by atoms with E-state index in [0.717, 1.165) is 38.0 Å². The number of carboxylic acids is 1. The molecule has 0 aromatic rings. The fourth-order valence-electron chi connectivity index (χ4n) is 2.60. The van der Waals surface area contributed by atoms with Crippen LogP contribution in [0.1, 0.15) is 52.9 Å². The van der Waals surface area contributed by atoms with Crippen LogP contribution in [0.3, 0.4) is 0 Å². The highest BCUT2D eigenvalue weighted by Gasteiger charge is 2.41. The van der Waals surface area contributed by atoms with Crippen molar-refractivity contribution in [2.75, 3.05) is 0 Å². The lowest BCUT2D eigenvalue weighted by molar-refractivity contribution is -0.152. The summed E-state index contributed by atoms with van der Waals surface area (Å²) in [7, 11) is 0. The smallest absolute Gasteiger partial charge is 0.309 e. The second-order valence-electron chi connectivity index (χ2n) is 5.37. The van der Waals surface area contributed by atoms with E-state index >= 15 is 0 Å². The minimum Gasteiger partial charge on any atom is -0.481 e. The Bertz CT molecular complexity index is 200. The fraction of sp³-hybridized carbons (Fsp3) is 0.917. The maximum atomic E-state index is 11.3. The zero-order valence-electron chi connectivity index (χ0n) is 9.55. The molecule has 0 saturated heterocycles.